The molecule has 0 amide bonds. The number of benzene rings is 1. The van der Waals surface area contributed by atoms with Gasteiger partial charge in [0, 0.05) is 5.69 Å². The summed E-state index contributed by atoms with van der Waals surface area (Å²) >= 11 is 5.29. The number of thiocarbonyl (C=S) groups is 1. The van der Waals surface area contributed by atoms with E-state index >= 15 is 0 Å². The first-order chi connectivity index (χ1) is 10.5. The highest BCUT2D eigenvalue weighted by atomic mass is 32.1. The topological polar surface area (TPSA) is 36.4 Å². The average molecular weight is 313 g/mol. The van der Waals surface area contributed by atoms with Crippen LogP contribution in [-0.2, 0) is 0 Å². The predicted molar refractivity (Wildman–Crippen MR) is 99.3 cm³/mol. The van der Waals surface area contributed by atoms with Crippen molar-refractivity contribution in [1.29, 1.82) is 0 Å². The minimum absolute atomic E-state index is 0.475. The maximum atomic E-state index is 5.29. The van der Waals surface area contributed by atoms with Crippen LogP contribution < -0.4 is 10.7 Å². The summed E-state index contributed by atoms with van der Waals surface area (Å²) in [5.41, 5.74) is 8.59. The van der Waals surface area contributed by atoms with E-state index in [9.17, 15) is 0 Å². The van der Waals surface area contributed by atoms with E-state index in [0.29, 0.717) is 11.0 Å². The highest BCUT2D eigenvalue weighted by molar-refractivity contribution is 7.80. The Balaban J connectivity index is 1.96. The molecular weight excluding hydrogens is 290 g/mol. The third kappa shape index (κ3) is 4.53. The Kier molecular flexibility index (Phi) is 5.50. The number of hydrazone groups is 1. The van der Waals surface area contributed by atoms with E-state index in [1.54, 1.807) is 0 Å². The lowest BCUT2D eigenvalue weighted by Gasteiger charge is -2.22. The number of hydrogen-bond donors (Lipinski definition) is 2. The predicted octanol–water partition coefficient (Wildman–Crippen LogP) is 4.57. The van der Waals surface area contributed by atoms with Gasteiger partial charge in [-0.2, -0.15) is 5.10 Å². The second-order valence-corrected chi connectivity index (χ2v) is 6.27. The molecule has 1 aromatic rings. The number of anilines is 1. The van der Waals surface area contributed by atoms with E-state index in [0.717, 1.165) is 24.2 Å². The maximum absolute atomic E-state index is 5.29. The van der Waals surface area contributed by atoms with Crippen LogP contribution in [0.15, 0.2) is 53.2 Å². The highest BCUT2D eigenvalue weighted by Crippen LogP contribution is 2.26. The highest BCUT2D eigenvalue weighted by Gasteiger charge is 2.18. The molecule has 1 aliphatic rings. The zero-order chi connectivity index (χ0) is 16.1. The van der Waals surface area contributed by atoms with E-state index in [4.69, 9.17) is 12.2 Å². The van der Waals surface area contributed by atoms with Gasteiger partial charge in [-0.1, -0.05) is 35.9 Å². The lowest BCUT2D eigenvalue weighted by Crippen LogP contribution is -2.26. The fourth-order valence-electron chi connectivity index (χ4n) is 2.34. The molecule has 0 fully saturated rings. The first-order valence-corrected chi connectivity index (χ1v) is 7.89. The average Bonchev–Trinajstić information content (AvgIpc) is 2.48. The van der Waals surface area contributed by atoms with Crippen LogP contribution in [0.1, 0.15) is 32.3 Å². The van der Waals surface area contributed by atoms with Crippen molar-refractivity contribution < 1.29 is 0 Å². The van der Waals surface area contributed by atoms with E-state index in [1.807, 2.05) is 24.3 Å². The van der Waals surface area contributed by atoms with Crippen LogP contribution in [0.2, 0.25) is 0 Å². The molecule has 1 aliphatic carbocycles. The molecule has 0 saturated heterocycles. The van der Waals surface area contributed by atoms with E-state index in [2.05, 4.69) is 49.3 Å². The van der Waals surface area contributed by atoms with Gasteiger partial charge >= 0.3 is 0 Å². The first kappa shape index (κ1) is 16.4. The Morgan fingerprint density at radius 2 is 1.95 bits per heavy atom. The lowest BCUT2D eigenvalue weighted by molar-refractivity contribution is 0.637. The first-order valence-electron chi connectivity index (χ1n) is 7.48. The quantitative estimate of drug-likeness (QED) is 0.487. The Bertz CT molecular complexity index is 626. The third-order valence-corrected chi connectivity index (χ3v) is 4.10. The number of hydrogen-bond acceptors (Lipinski definition) is 2. The van der Waals surface area contributed by atoms with Crippen molar-refractivity contribution in [3.05, 3.63) is 53.6 Å². The minimum Gasteiger partial charge on any atom is -0.331 e. The molecule has 1 aromatic carbocycles. The van der Waals surface area contributed by atoms with Gasteiger partial charge in [-0.05, 0) is 69.5 Å². The maximum Gasteiger partial charge on any atom is 0.191 e. The molecule has 3 nitrogen and oxygen atoms in total. The number of nitrogens with one attached hydrogen (secondary N) is 2. The van der Waals surface area contributed by atoms with Crippen LogP contribution in [0, 0.1) is 12.8 Å². The summed E-state index contributed by atoms with van der Waals surface area (Å²) in [5.74, 6) is 0.475. The molecule has 0 saturated carbocycles. The summed E-state index contributed by atoms with van der Waals surface area (Å²) in [7, 11) is 0. The van der Waals surface area contributed by atoms with Gasteiger partial charge in [0.15, 0.2) is 5.11 Å². The summed E-state index contributed by atoms with van der Waals surface area (Å²) in [5, 5.41) is 8.10. The number of aryl methyl sites for hydroxylation is 1. The Labute approximate surface area is 138 Å². The number of rotatable bonds is 3. The largest absolute Gasteiger partial charge is 0.331 e. The summed E-state index contributed by atoms with van der Waals surface area (Å²) in [6, 6.07) is 8.09. The van der Waals surface area contributed by atoms with E-state index in [-0.39, 0.29) is 0 Å². The van der Waals surface area contributed by atoms with Crippen LogP contribution in [0.4, 0.5) is 5.69 Å². The fraction of sp³-hybridized carbons (Fsp3) is 0.333. The van der Waals surface area contributed by atoms with Gasteiger partial charge in [-0.3, -0.25) is 5.43 Å². The van der Waals surface area contributed by atoms with Crippen LogP contribution in [0.3, 0.4) is 0 Å². The van der Waals surface area contributed by atoms with Gasteiger partial charge in [0.05, 0.1) is 5.71 Å². The summed E-state index contributed by atoms with van der Waals surface area (Å²) < 4.78 is 0. The summed E-state index contributed by atoms with van der Waals surface area (Å²) in [4.78, 5) is 0. The van der Waals surface area contributed by atoms with Crippen molar-refractivity contribution in [2.75, 3.05) is 5.32 Å². The third-order valence-electron chi connectivity index (χ3n) is 3.90. The lowest BCUT2D eigenvalue weighted by atomic mass is 9.85. The molecule has 0 aliphatic heterocycles. The molecule has 0 aromatic heterocycles. The van der Waals surface area contributed by atoms with Gasteiger partial charge in [0.2, 0.25) is 0 Å². The molecule has 116 valence electrons. The van der Waals surface area contributed by atoms with Gasteiger partial charge < -0.3 is 5.32 Å². The Morgan fingerprint density at radius 3 is 2.59 bits per heavy atom. The molecule has 2 N–H and O–H groups in total. The summed E-state index contributed by atoms with van der Waals surface area (Å²) in [6.07, 6.45) is 4.18. The molecule has 2 rings (SSSR count). The zero-order valence-electron chi connectivity index (χ0n) is 13.4. The SMILES string of the molecule is C=C(C)[C@H]1CC=C(C)/C(=N\NC(=S)Nc2ccc(C)cc2)C1. The Morgan fingerprint density at radius 1 is 1.27 bits per heavy atom. The standard InChI is InChI=1S/C18H23N3S/c1-12(2)15-8-7-14(4)17(11-15)20-21-18(22)19-16-9-5-13(3)6-10-16/h5-7,9-10,15H,1,8,11H2,2-4H3,(H2,19,21,22)/b20-17-/t15-/m0/s1. The number of allylic oxidation sites excluding steroid dienone is 3. The molecule has 0 unspecified atom stereocenters. The van der Waals surface area contributed by atoms with Gasteiger partial charge in [0.1, 0.15) is 0 Å². The second-order valence-electron chi connectivity index (χ2n) is 5.86. The van der Waals surface area contributed by atoms with Crippen molar-refractivity contribution in [2.24, 2.45) is 11.0 Å². The molecule has 0 bridgehead atoms. The molecular formula is C18H23N3S. The van der Waals surface area contributed by atoms with Crippen LogP contribution in [-0.4, -0.2) is 10.8 Å². The van der Waals surface area contributed by atoms with E-state index < -0.39 is 0 Å². The monoisotopic (exact) mass is 313 g/mol. The zero-order valence-corrected chi connectivity index (χ0v) is 14.3. The van der Waals surface area contributed by atoms with Gasteiger partial charge in [0.25, 0.3) is 0 Å². The van der Waals surface area contributed by atoms with Gasteiger partial charge in [-0.15, -0.1) is 0 Å². The van der Waals surface area contributed by atoms with Gasteiger partial charge in [-0.25, -0.2) is 0 Å². The van der Waals surface area contributed by atoms with Crippen LogP contribution >= 0.6 is 12.2 Å². The second kappa shape index (κ2) is 7.36. The number of nitrogens with zero attached hydrogens (tertiary/aromatic N) is 1. The van der Waals surface area contributed by atoms with Crippen LogP contribution in [0.25, 0.3) is 0 Å². The molecule has 0 radical (unpaired) electrons. The molecule has 22 heavy (non-hydrogen) atoms. The van der Waals surface area contributed by atoms with E-state index in [1.165, 1.54) is 16.7 Å². The van der Waals surface area contributed by atoms with Crippen LogP contribution in [0.5, 0.6) is 0 Å². The smallest absolute Gasteiger partial charge is 0.191 e. The van der Waals surface area contributed by atoms with Crippen molar-refractivity contribution in [1.82, 2.24) is 5.43 Å². The fourth-order valence-corrected chi connectivity index (χ4v) is 2.50. The van der Waals surface area contributed by atoms with Crippen molar-refractivity contribution in [3.8, 4) is 0 Å². The molecule has 1 atom stereocenters. The normalized spacial score (nSPS) is 19.5. The summed E-state index contributed by atoms with van der Waals surface area (Å²) in [6.45, 7) is 10.3. The van der Waals surface area contributed by atoms with Crippen molar-refractivity contribution in [2.45, 2.75) is 33.6 Å². The molecule has 4 heteroatoms. The molecule has 0 spiro atoms. The van der Waals surface area contributed by atoms with Crippen molar-refractivity contribution in [3.63, 3.8) is 0 Å². The van der Waals surface area contributed by atoms with Crippen molar-refractivity contribution >= 4 is 28.7 Å². The Hall–Kier alpha value is -1.94. The molecule has 0 heterocycles. The minimum atomic E-state index is 0.475.